The van der Waals surface area contributed by atoms with Gasteiger partial charge in [-0.25, -0.2) is 19.4 Å². The normalized spacial score (nSPS) is 21.4. The first-order valence-corrected chi connectivity index (χ1v) is 13.0. The Balaban J connectivity index is 0.000000145. The second-order valence-electron chi connectivity index (χ2n) is 10.0. The van der Waals surface area contributed by atoms with Gasteiger partial charge in [0.2, 0.25) is 11.7 Å². The fraction of sp³-hybridized carbons (Fsp3) is 0.444. The summed E-state index contributed by atoms with van der Waals surface area (Å²) < 4.78 is 14.2. The lowest BCUT2D eigenvalue weighted by atomic mass is 10.2. The van der Waals surface area contributed by atoms with Gasteiger partial charge in [0.25, 0.3) is 0 Å². The zero-order valence-corrected chi connectivity index (χ0v) is 22.9. The molecule has 4 aliphatic rings. The van der Waals surface area contributed by atoms with Crippen LogP contribution >= 0.6 is 13.5 Å². The number of aromatic nitrogens is 4. The van der Waals surface area contributed by atoms with Crippen LogP contribution in [-0.2, 0) is 4.79 Å². The Bertz CT molecular complexity index is 1300. The Morgan fingerprint density at radius 3 is 2.62 bits per heavy atom. The van der Waals surface area contributed by atoms with Crippen LogP contribution in [0.4, 0.5) is 4.39 Å². The second kappa shape index (κ2) is 13.0. The highest BCUT2D eigenvalue weighted by molar-refractivity contribution is 7.59. The van der Waals surface area contributed by atoms with E-state index in [1.807, 2.05) is 22.9 Å². The summed E-state index contributed by atoms with van der Waals surface area (Å²) in [7, 11) is 0. The molecule has 0 spiro atoms. The van der Waals surface area contributed by atoms with E-state index in [4.69, 9.17) is 0 Å². The summed E-state index contributed by atoms with van der Waals surface area (Å²) in [6.45, 7) is 3.17. The molecule has 3 aromatic heterocycles. The lowest BCUT2D eigenvalue weighted by molar-refractivity contribution is -0.122. The molecule has 39 heavy (non-hydrogen) atoms. The number of nitrogens with one attached hydrogen (secondary N) is 2. The highest BCUT2D eigenvalue weighted by Gasteiger charge is 2.31. The summed E-state index contributed by atoms with van der Waals surface area (Å²) in [5.74, 6) is 2.52. The van der Waals surface area contributed by atoms with Gasteiger partial charge in [-0.3, -0.25) is 14.2 Å². The molecule has 2 aliphatic carbocycles. The van der Waals surface area contributed by atoms with Gasteiger partial charge in [0.15, 0.2) is 0 Å². The minimum atomic E-state index is -0.285. The van der Waals surface area contributed by atoms with Gasteiger partial charge in [0.1, 0.15) is 17.8 Å². The molecule has 0 bridgehead atoms. The van der Waals surface area contributed by atoms with E-state index in [1.165, 1.54) is 24.6 Å². The van der Waals surface area contributed by atoms with E-state index >= 15 is 0 Å². The van der Waals surface area contributed by atoms with E-state index in [-0.39, 0.29) is 43.4 Å². The molecule has 2 atom stereocenters. The van der Waals surface area contributed by atoms with Crippen molar-refractivity contribution in [3.63, 3.8) is 0 Å². The van der Waals surface area contributed by atoms with Gasteiger partial charge in [0, 0.05) is 56.1 Å². The van der Waals surface area contributed by atoms with Crippen LogP contribution in [0.3, 0.4) is 0 Å². The average molecular weight is 555 g/mol. The number of likely N-dealkylation sites (tertiary alicyclic amines) is 1. The molecular weight excluding hydrogens is 519 g/mol. The maximum Gasteiger partial charge on any atom is 0.233 e. The van der Waals surface area contributed by atoms with Crippen molar-refractivity contribution >= 4 is 31.5 Å². The number of imidazole rings is 1. The van der Waals surface area contributed by atoms with E-state index in [2.05, 4.69) is 41.7 Å². The molecular formula is C27H35FN8O2S. The Morgan fingerprint density at radius 1 is 1.15 bits per heavy atom. The third kappa shape index (κ3) is 7.99. The number of carbonyl (C=O) groups is 1. The summed E-state index contributed by atoms with van der Waals surface area (Å²) in [4.78, 5) is 29.8. The number of aliphatic hydroxyl groups is 1. The van der Waals surface area contributed by atoms with Crippen LogP contribution in [0, 0.1) is 18.7 Å². The van der Waals surface area contributed by atoms with Crippen LogP contribution < -0.4 is 10.6 Å². The standard InChI is InChI=1S/C12H18N4O2.C9H9N3.C6H6FN.H2S/c17-9-3-4-16(6-9)11-5-10(13-7-14-11)15-12(18)8-1-2-8;1-2-7(1)8-5-11-9-10-3-4-12(9)6-8;1-5-2-3-8-4-6(5)7;/h5,7-10,17H,1-4,6H2,(H,13,14)(H,15,18);3-7H,1-2H2;2-4H,1H3;1H2. The van der Waals surface area contributed by atoms with Gasteiger partial charge in [-0.05, 0) is 62.1 Å². The molecule has 2 unspecified atom stereocenters. The number of carbonyl (C=O) groups excluding carboxylic acids is 1. The first-order valence-electron chi connectivity index (χ1n) is 13.0. The largest absolute Gasteiger partial charge is 0.391 e. The second-order valence-corrected chi connectivity index (χ2v) is 10.0. The van der Waals surface area contributed by atoms with Gasteiger partial charge in [-0.15, -0.1) is 0 Å². The average Bonchev–Trinajstić information content (AvgIpc) is 3.86. The van der Waals surface area contributed by atoms with E-state index < -0.39 is 0 Å². The van der Waals surface area contributed by atoms with Gasteiger partial charge in [-0.1, -0.05) is 0 Å². The number of aliphatic hydroxyl groups excluding tert-OH is 1. The van der Waals surface area contributed by atoms with Gasteiger partial charge in [0.05, 0.1) is 18.6 Å². The number of amides is 1. The van der Waals surface area contributed by atoms with Crippen molar-refractivity contribution in [2.24, 2.45) is 10.9 Å². The Morgan fingerprint density at radius 2 is 1.97 bits per heavy atom. The quantitative estimate of drug-likeness (QED) is 0.454. The summed E-state index contributed by atoms with van der Waals surface area (Å²) in [6, 6.07) is 1.63. The molecule has 3 aromatic rings. The molecule has 0 radical (unpaired) electrons. The third-order valence-electron chi connectivity index (χ3n) is 6.80. The molecule has 1 saturated heterocycles. The molecule has 5 heterocycles. The van der Waals surface area contributed by atoms with Crippen LogP contribution in [0.15, 0.2) is 60.1 Å². The van der Waals surface area contributed by atoms with Gasteiger partial charge < -0.3 is 20.6 Å². The molecule has 208 valence electrons. The first kappa shape index (κ1) is 28.5. The fourth-order valence-electron chi connectivity index (χ4n) is 4.17. The Hall–Kier alpha value is -3.51. The maximum absolute atomic E-state index is 12.3. The smallest absolute Gasteiger partial charge is 0.233 e. The number of fused-ring (bicyclic) bond motifs is 1. The highest BCUT2D eigenvalue weighted by Crippen LogP contribution is 2.39. The van der Waals surface area contributed by atoms with Crippen molar-refractivity contribution in [3.05, 3.63) is 72.1 Å². The number of nitrogens with zero attached hydrogens (tertiary/aromatic N) is 6. The molecule has 7 rings (SSSR count). The van der Waals surface area contributed by atoms with Gasteiger partial charge in [-0.2, -0.15) is 13.5 Å². The summed E-state index contributed by atoms with van der Waals surface area (Å²) in [6.07, 6.45) is 19.0. The summed E-state index contributed by atoms with van der Waals surface area (Å²) >= 11 is 0. The molecule has 1 amide bonds. The van der Waals surface area contributed by atoms with Crippen molar-refractivity contribution < 1.29 is 14.3 Å². The predicted molar refractivity (Wildman–Crippen MR) is 151 cm³/mol. The van der Waals surface area contributed by atoms with Crippen LogP contribution in [0.25, 0.3) is 5.78 Å². The van der Waals surface area contributed by atoms with Crippen molar-refractivity contribution in [2.75, 3.05) is 13.1 Å². The number of aliphatic imine (C=N–C) groups is 1. The number of β-amino-alcohol motifs (C(OH)–C–C–N with tert-alkyl or cyclic N) is 1. The van der Waals surface area contributed by atoms with E-state index in [9.17, 15) is 14.3 Å². The molecule has 0 aromatic carbocycles. The topological polar surface area (TPSA) is 120 Å². The minimum absolute atomic E-state index is 0. The van der Waals surface area contributed by atoms with E-state index in [1.54, 1.807) is 31.7 Å². The predicted octanol–water partition coefficient (Wildman–Crippen LogP) is 2.63. The molecule has 2 aliphatic heterocycles. The Labute approximate surface area is 233 Å². The minimum Gasteiger partial charge on any atom is -0.391 e. The number of aryl methyl sites for hydroxylation is 1. The molecule has 10 nitrogen and oxygen atoms in total. The zero-order chi connectivity index (χ0) is 26.5. The molecule has 3 fully saturated rings. The van der Waals surface area contributed by atoms with Crippen LogP contribution in [0.1, 0.15) is 49.1 Å². The highest BCUT2D eigenvalue weighted by atomic mass is 32.1. The maximum atomic E-state index is 12.3. The number of hydrogen-bond donors (Lipinski definition) is 3. The SMILES string of the molecule is Cc1ccncc1F.O=C(NC1C=C(N2CCC(O)C2)NC=N1)C1CC1.S.c1cn2cc(C3CC3)cnc2n1. The monoisotopic (exact) mass is 554 g/mol. The number of pyridine rings is 1. The van der Waals surface area contributed by atoms with Crippen LogP contribution in [0.2, 0.25) is 0 Å². The van der Waals surface area contributed by atoms with Crippen LogP contribution in [-0.4, -0.2) is 67.0 Å². The third-order valence-corrected chi connectivity index (χ3v) is 6.80. The van der Waals surface area contributed by atoms with Gasteiger partial charge >= 0.3 is 0 Å². The lowest BCUT2D eigenvalue weighted by Gasteiger charge is -2.25. The van der Waals surface area contributed by atoms with E-state index in [0.29, 0.717) is 12.1 Å². The number of rotatable bonds is 4. The molecule has 2 saturated carbocycles. The Kier molecular flexibility index (Phi) is 9.52. The number of halogens is 1. The van der Waals surface area contributed by atoms with E-state index in [0.717, 1.165) is 43.3 Å². The van der Waals surface area contributed by atoms with Crippen molar-refractivity contribution in [1.82, 2.24) is 34.9 Å². The van der Waals surface area contributed by atoms with Crippen molar-refractivity contribution in [1.29, 1.82) is 0 Å². The zero-order valence-electron chi connectivity index (χ0n) is 21.9. The number of hydrogen-bond acceptors (Lipinski definition) is 8. The fourth-order valence-corrected chi connectivity index (χ4v) is 4.17. The van der Waals surface area contributed by atoms with Crippen molar-refractivity contribution in [3.8, 4) is 0 Å². The van der Waals surface area contributed by atoms with Crippen molar-refractivity contribution in [2.45, 2.75) is 57.2 Å². The summed E-state index contributed by atoms with van der Waals surface area (Å²) in [5, 5.41) is 15.5. The summed E-state index contributed by atoms with van der Waals surface area (Å²) in [5.41, 5.74) is 1.99. The lowest BCUT2D eigenvalue weighted by Crippen LogP contribution is -2.40. The molecule has 3 N–H and O–H groups in total. The molecule has 12 heteroatoms. The first-order chi connectivity index (χ1) is 18.5. The van der Waals surface area contributed by atoms with Crippen LogP contribution in [0.5, 0.6) is 0 Å².